The van der Waals surface area contributed by atoms with Gasteiger partial charge in [-0.25, -0.2) is 4.99 Å². The Kier molecular flexibility index (Phi) is 16.2. The van der Waals surface area contributed by atoms with Gasteiger partial charge < -0.3 is 20.4 Å². The van der Waals surface area contributed by atoms with Crippen molar-refractivity contribution in [2.24, 2.45) is 0 Å². The summed E-state index contributed by atoms with van der Waals surface area (Å²) in [6, 6.07) is 21.4. The van der Waals surface area contributed by atoms with Crippen LogP contribution >= 0.6 is 21.6 Å². The maximum Gasteiger partial charge on any atom is 0.286 e. The van der Waals surface area contributed by atoms with E-state index in [1.54, 1.807) is 33.9 Å². The summed E-state index contributed by atoms with van der Waals surface area (Å²) >= 11 is 0. The molecule has 2 saturated heterocycles. The average Bonchev–Trinajstić information content (AvgIpc) is 3.92. The van der Waals surface area contributed by atoms with Gasteiger partial charge in [0, 0.05) is 80.4 Å². The maximum atomic E-state index is 12.4. The predicted molar refractivity (Wildman–Crippen MR) is 221 cm³/mol. The molecule has 3 aromatic rings. The van der Waals surface area contributed by atoms with Crippen LogP contribution in [-0.2, 0) is 16.1 Å². The van der Waals surface area contributed by atoms with E-state index < -0.39 is 0 Å². The Hall–Kier alpha value is -4.54. The molecule has 0 bridgehead atoms. The van der Waals surface area contributed by atoms with E-state index in [0.29, 0.717) is 13.1 Å². The van der Waals surface area contributed by atoms with E-state index >= 15 is 0 Å². The van der Waals surface area contributed by atoms with Gasteiger partial charge in [0.2, 0.25) is 13.1 Å². The number of carbonyl (C=O) groups is 2. The number of carbonyl (C=O) groups excluding carboxylic acids is 2. The number of amides is 2. The van der Waals surface area contributed by atoms with E-state index in [0.717, 1.165) is 54.4 Å². The maximum absolute atomic E-state index is 12.4. The monoisotopic (exact) mass is 736 g/mol. The van der Waals surface area contributed by atoms with E-state index in [1.807, 2.05) is 41.2 Å². The summed E-state index contributed by atoms with van der Waals surface area (Å²) in [5.41, 5.74) is 6.94. The number of hydrogen-bond donors (Lipinski definition) is 3. The summed E-state index contributed by atoms with van der Waals surface area (Å²) < 4.78 is 1.89. The summed E-state index contributed by atoms with van der Waals surface area (Å²) in [4.78, 5) is 32.5. The van der Waals surface area contributed by atoms with Crippen LogP contribution in [0.1, 0.15) is 42.4 Å². The van der Waals surface area contributed by atoms with Crippen LogP contribution in [0.5, 0.6) is 0 Å². The average molecular weight is 737 g/mol. The molecule has 272 valence electrons. The Morgan fingerprint density at radius 1 is 0.712 bits per heavy atom. The van der Waals surface area contributed by atoms with E-state index in [2.05, 4.69) is 98.8 Å². The van der Waals surface area contributed by atoms with E-state index in [1.165, 1.54) is 42.6 Å². The van der Waals surface area contributed by atoms with Gasteiger partial charge in [0.25, 0.3) is 11.8 Å². The van der Waals surface area contributed by atoms with E-state index in [4.69, 9.17) is 0 Å². The molecule has 52 heavy (non-hydrogen) atoms. The fourth-order valence-corrected chi connectivity index (χ4v) is 7.79. The summed E-state index contributed by atoms with van der Waals surface area (Å²) in [5, 5.41) is 5.92. The molecule has 0 aliphatic carbocycles. The van der Waals surface area contributed by atoms with Crippen molar-refractivity contribution >= 4 is 69.2 Å². The summed E-state index contributed by atoms with van der Waals surface area (Å²) in [6.45, 7) is 10.2. The predicted octanol–water partition coefficient (Wildman–Crippen LogP) is 4.94. The lowest BCUT2D eigenvalue weighted by atomic mass is 10.1. The Morgan fingerprint density at radius 3 is 1.75 bits per heavy atom. The van der Waals surface area contributed by atoms with E-state index in [-0.39, 0.29) is 24.9 Å². The zero-order chi connectivity index (χ0) is 36.2. The molecule has 10 heteroatoms. The number of aromatic nitrogens is 1. The molecule has 0 saturated carbocycles. The second-order valence-corrected chi connectivity index (χ2v) is 15.5. The lowest BCUT2D eigenvalue weighted by molar-refractivity contribution is -0.684. The van der Waals surface area contributed by atoms with Crippen molar-refractivity contribution in [1.29, 1.82) is 0 Å². The standard InChI is InChI=1S/C42H50N6O2S2/c1-2-35(7-8-36-11-15-39(16-12-36)47-25-3-4-26-47)19-22-43-33-41(49)44-23-31-51-52-32-24-45-42(50)34-46-29-20-38(21-30-46)10-9-37-13-17-40(18-14-37)48-27-5-6-28-48/h2,7-22,29-30H,1,3-6,23-28,31-34H2,(H-,44,45,49,50)/p+2/b8-7+,35-19+,43-22?. The quantitative estimate of drug-likeness (QED) is 0.0533. The van der Waals surface area contributed by atoms with Crippen LogP contribution < -0.4 is 30.0 Å². The Bertz CT molecular complexity index is 1690. The van der Waals surface area contributed by atoms with Gasteiger partial charge in [0.1, 0.15) is 0 Å². The second kappa shape index (κ2) is 21.7. The molecule has 0 radical (unpaired) electrons. The first-order chi connectivity index (χ1) is 25.6. The van der Waals surface area contributed by atoms with Crippen molar-refractivity contribution in [3.8, 4) is 0 Å². The summed E-state index contributed by atoms with van der Waals surface area (Å²) in [7, 11) is 3.37. The van der Waals surface area contributed by atoms with Crippen molar-refractivity contribution in [3.63, 3.8) is 0 Å². The minimum absolute atomic E-state index is 0.0118. The van der Waals surface area contributed by atoms with Gasteiger partial charge in [0.05, 0.1) is 0 Å². The molecule has 0 spiro atoms. The van der Waals surface area contributed by atoms with Gasteiger partial charge in [-0.3, -0.25) is 9.59 Å². The van der Waals surface area contributed by atoms with Crippen LogP contribution in [0.15, 0.2) is 103 Å². The number of benzene rings is 2. The topological polar surface area (TPSA) is 82.5 Å². The van der Waals surface area contributed by atoms with Crippen molar-refractivity contribution in [1.82, 2.24) is 10.6 Å². The zero-order valence-electron chi connectivity index (χ0n) is 30.1. The molecule has 2 fully saturated rings. The summed E-state index contributed by atoms with van der Waals surface area (Å²) in [5.74, 6) is 1.52. The largest absolute Gasteiger partial charge is 0.372 e. The van der Waals surface area contributed by atoms with Gasteiger partial charge in [-0.2, -0.15) is 4.57 Å². The number of anilines is 2. The van der Waals surface area contributed by atoms with Crippen molar-refractivity contribution in [2.45, 2.75) is 32.2 Å². The Balaban J connectivity index is 0.877. The van der Waals surface area contributed by atoms with Crippen molar-refractivity contribution in [2.75, 3.05) is 67.1 Å². The third kappa shape index (κ3) is 13.5. The number of nitrogens with zero attached hydrogens (tertiary/aromatic N) is 3. The van der Waals surface area contributed by atoms with E-state index in [9.17, 15) is 9.59 Å². The number of hydrogen-bond acceptors (Lipinski definition) is 6. The van der Waals surface area contributed by atoms with Crippen LogP contribution in [0.25, 0.3) is 18.2 Å². The second-order valence-electron chi connectivity index (χ2n) is 12.8. The highest BCUT2D eigenvalue weighted by Gasteiger charge is 2.13. The van der Waals surface area contributed by atoms with Crippen molar-refractivity contribution in [3.05, 3.63) is 120 Å². The molecule has 1 aromatic heterocycles. The lowest BCUT2D eigenvalue weighted by Crippen LogP contribution is -2.72. The molecular weight excluding hydrogens is 685 g/mol. The molecule has 2 aromatic carbocycles. The highest BCUT2D eigenvalue weighted by molar-refractivity contribution is 8.76. The molecular formula is C42H52N6O2S2+2. The SMILES string of the molecule is C=CC(/C=C/c1ccc(N2CCCC2)cc1)=C\C=[NH+]CC(=O)NCCSSCCNC(=O)C[n+]1ccc(/C=C/c2ccc(N3CCCC3)cc2)cc1. The minimum Gasteiger partial charge on any atom is -0.372 e. The molecule has 0 atom stereocenters. The first-order valence-electron chi connectivity index (χ1n) is 18.3. The first-order valence-corrected chi connectivity index (χ1v) is 20.8. The Morgan fingerprint density at radius 2 is 1.21 bits per heavy atom. The normalized spacial score (nSPS) is 15.0. The van der Waals surface area contributed by atoms with Crippen molar-refractivity contribution < 1.29 is 19.1 Å². The fourth-order valence-electron chi connectivity index (χ4n) is 5.98. The molecule has 2 aliphatic heterocycles. The third-order valence-electron chi connectivity index (χ3n) is 8.90. The van der Waals surface area contributed by atoms with Gasteiger partial charge >= 0.3 is 0 Å². The smallest absolute Gasteiger partial charge is 0.286 e. The molecule has 3 heterocycles. The Labute approximate surface area is 317 Å². The van der Waals surface area contributed by atoms with Crippen LogP contribution in [0, 0.1) is 0 Å². The number of allylic oxidation sites excluding steroid dienone is 4. The van der Waals surface area contributed by atoms with Crippen LogP contribution in [-0.4, -0.2) is 75.3 Å². The first kappa shape index (κ1) is 38.7. The number of pyridine rings is 1. The molecule has 5 rings (SSSR count). The zero-order valence-corrected chi connectivity index (χ0v) is 31.7. The van der Waals surface area contributed by atoms with Crippen LogP contribution in [0.2, 0.25) is 0 Å². The molecule has 2 aliphatic rings. The third-order valence-corrected chi connectivity index (χ3v) is 11.3. The molecule has 2 amide bonds. The van der Waals surface area contributed by atoms with Crippen LogP contribution in [0.4, 0.5) is 11.4 Å². The molecule has 3 N–H and O–H groups in total. The van der Waals surface area contributed by atoms with Gasteiger partial charge in [0.15, 0.2) is 18.6 Å². The van der Waals surface area contributed by atoms with Gasteiger partial charge in [-0.15, -0.1) is 0 Å². The minimum atomic E-state index is -0.0552. The number of nitrogens with one attached hydrogen (secondary N) is 3. The summed E-state index contributed by atoms with van der Waals surface area (Å²) in [6.07, 6.45) is 22.8. The lowest BCUT2D eigenvalue weighted by Gasteiger charge is -2.17. The highest BCUT2D eigenvalue weighted by atomic mass is 33.1. The fraction of sp³-hybridized carbons (Fsp3) is 0.333. The van der Waals surface area contributed by atoms with Gasteiger partial charge in [-0.05, 0) is 72.2 Å². The van der Waals surface area contributed by atoms with Crippen LogP contribution in [0.3, 0.4) is 0 Å². The highest BCUT2D eigenvalue weighted by Crippen LogP contribution is 2.22. The number of rotatable bonds is 19. The van der Waals surface area contributed by atoms with Gasteiger partial charge in [-0.1, -0.05) is 82.8 Å². The molecule has 0 unspecified atom stereocenters. The molecule has 8 nitrogen and oxygen atoms in total.